The van der Waals surface area contributed by atoms with Crippen molar-refractivity contribution in [1.29, 1.82) is 0 Å². The molecule has 1 heterocycles. The Kier molecular flexibility index (Phi) is 3.02. The third-order valence-electron chi connectivity index (χ3n) is 2.11. The maximum atomic E-state index is 11.8. The van der Waals surface area contributed by atoms with Crippen molar-refractivity contribution < 1.29 is 18.3 Å². The normalized spacial score (nSPS) is 11.1. The van der Waals surface area contributed by atoms with Crippen LogP contribution in [-0.2, 0) is 10.0 Å². The van der Waals surface area contributed by atoms with Gasteiger partial charge in [-0.2, -0.15) is 8.42 Å². The molecule has 0 fully saturated rings. The number of aromatic carboxylic acids is 1. The van der Waals surface area contributed by atoms with Crippen LogP contribution in [0.25, 0.3) is 0 Å². The van der Waals surface area contributed by atoms with Gasteiger partial charge in [0.1, 0.15) is 0 Å². The lowest BCUT2D eigenvalue weighted by atomic mass is 10.2. The molecule has 0 spiro atoms. The maximum absolute atomic E-state index is 11.8. The summed E-state index contributed by atoms with van der Waals surface area (Å²) in [5.74, 6) is -1.13. The number of sulfonamides is 1. The van der Waals surface area contributed by atoms with Gasteiger partial charge in [-0.3, -0.25) is 4.72 Å². The Balaban J connectivity index is 2.30. The predicted octanol–water partition coefficient (Wildman–Crippen LogP) is 0.909. The molecule has 0 amide bonds. The Morgan fingerprint density at radius 2 is 2.17 bits per heavy atom. The summed E-state index contributed by atoms with van der Waals surface area (Å²) in [4.78, 5) is 16.9. The second kappa shape index (κ2) is 4.49. The van der Waals surface area contributed by atoms with Gasteiger partial charge in [0.05, 0.1) is 11.9 Å². The molecular formula is C10H9N3O4S. The second-order valence-corrected chi connectivity index (χ2v) is 5.03. The third kappa shape index (κ3) is 2.48. The average molecular weight is 267 g/mol. The van der Waals surface area contributed by atoms with Crippen LogP contribution in [-0.4, -0.2) is 29.5 Å². The molecule has 0 atom stereocenters. The van der Waals surface area contributed by atoms with Gasteiger partial charge < -0.3 is 10.1 Å². The van der Waals surface area contributed by atoms with E-state index in [0.717, 1.165) is 0 Å². The first-order valence-electron chi connectivity index (χ1n) is 4.84. The SMILES string of the molecule is O=C(O)c1cccc(NS(=O)(=O)c2c[nH]cn2)c1. The van der Waals surface area contributed by atoms with E-state index >= 15 is 0 Å². The van der Waals surface area contributed by atoms with E-state index < -0.39 is 16.0 Å². The highest BCUT2D eigenvalue weighted by Crippen LogP contribution is 2.15. The Labute approximate surface area is 103 Å². The quantitative estimate of drug-likeness (QED) is 0.762. The summed E-state index contributed by atoms with van der Waals surface area (Å²) in [5.41, 5.74) is 0.162. The first-order valence-corrected chi connectivity index (χ1v) is 6.32. The zero-order chi connectivity index (χ0) is 13.2. The summed E-state index contributed by atoms with van der Waals surface area (Å²) in [6, 6.07) is 5.50. The zero-order valence-corrected chi connectivity index (χ0v) is 9.81. The van der Waals surface area contributed by atoms with Crippen LogP contribution in [0.1, 0.15) is 10.4 Å². The van der Waals surface area contributed by atoms with Crippen molar-refractivity contribution in [3.05, 3.63) is 42.4 Å². The molecule has 2 aromatic rings. The summed E-state index contributed by atoms with van der Waals surface area (Å²) in [5, 5.41) is 8.63. The highest BCUT2D eigenvalue weighted by molar-refractivity contribution is 7.92. The molecule has 0 aliphatic rings. The minimum absolute atomic E-state index is 0.00257. The number of aromatic amines is 1. The van der Waals surface area contributed by atoms with Crippen LogP contribution < -0.4 is 4.72 Å². The number of hydrogen-bond acceptors (Lipinski definition) is 4. The topological polar surface area (TPSA) is 112 Å². The van der Waals surface area contributed by atoms with Gasteiger partial charge in [-0.05, 0) is 18.2 Å². The number of benzene rings is 1. The lowest BCUT2D eigenvalue weighted by Gasteiger charge is -2.06. The van der Waals surface area contributed by atoms with Crippen LogP contribution in [0.2, 0.25) is 0 Å². The third-order valence-corrected chi connectivity index (χ3v) is 3.39. The monoisotopic (exact) mass is 267 g/mol. The van der Waals surface area contributed by atoms with Gasteiger partial charge >= 0.3 is 5.97 Å². The Bertz CT molecular complexity index is 664. The summed E-state index contributed by atoms with van der Waals surface area (Å²) < 4.78 is 25.8. The van der Waals surface area contributed by atoms with Crippen molar-refractivity contribution in [2.45, 2.75) is 5.03 Å². The number of imidazole rings is 1. The first-order chi connectivity index (χ1) is 8.49. The molecule has 18 heavy (non-hydrogen) atoms. The number of carboxylic acids is 1. The number of H-pyrrole nitrogens is 1. The van der Waals surface area contributed by atoms with Crippen LogP contribution in [0, 0.1) is 0 Å². The molecule has 0 unspecified atom stereocenters. The smallest absolute Gasteiger partial charge is 0.335 e. The van der Waals surface area contributed by atoms with Gasteiger partial charge in [-0.25, -0.2) is 9.78 Å². The van der Waals surface area contributed by atoms with Gasteiger partial charge in [0.2, 0.25) is 0 Å². The number of anilines is 1. The van der Waals surface area contributed by atoms with Gasteiger partial charge in [0.15, 0.2) is 5.03 Å². The molecule has 1 aromatic carbocycles. The van der Waals surface area contributed by atoms with E-state index in [1.54, 1.807) is 0 Å². The fourth-order valence-electron chi connectivity index (χ4n) is 1.32. The number of nitrogens with one attached hydrogen (secondary N) is 2. The molecule has 0 aliphatic heterocycles. The van der Waals surface area contributed by atoms with Crippen molar-refractivity contribution in [3.8, 4) is 0 Å². The van der Waals surface area contributed by atoms with E-state index in [1.165, 1.54) is 36.8 Å². The van der Waals surface area contributed by atoms with Crippen LogP contribution in [0.4, 0.5) is 5.69 Å². The van der Waals surface area contributed by atoms with Gasteiger partial charge in [0, 0.05) is 11.9 Å². The summed E-state index contributed by atoms with van der Waals surface area (Å²) in [7, 11) is -3.80. The number of hydrogen-bond donors (Lipinski definition) is 3. The predicted molar refractivity (Wildman–Crippen MR) is 62.8 cm³/mol. The fraction of sp³-hybridized carbons (Fsp3) is 0. The molecule has 7 nitrogen and oxygen atoms in total. The molecule has 2 rings (SSSR count). The number of carbonyl (C=O) groups is 1. The Hall–Kier alpha value is -2.35. The lowest BCUT2D eigenvalue weighted by molar-refractivity contribution is 0.0697. The van der Waals surface area contributed by atoms with Crippen LogP contribution >= 0.6 is 0 Å². The van der Waals surface area contributed by atoms with Gasteiger partial charge in [-0.1, -0.05) is 6.07 Å². The standard InChI is InChI=1S/C10H9N3O4S/c14-10(15)7-2-1-3-8(4-7)13-18(16,17)9-5-11-6-12-9/h1-6,13H,(H,11,12)(H,14,15). The number of aromatic nitrogens is 2. The van der Waals surface area contributed by atoms with Crippen molar-refractivity contribution in [1.82, 2.24) is 9.97 Å². The summed E-state index contributed by atoms with van der Waals surface area (Å²) in [6.45, 7) is 0. The Morgan fingerprint density at radius 3 is 2.78 bits per heavy atom. The largest absolute Gasteiger partial charge is 0.478 e. The first kappa shape index (κ1) is 12.1. The minimum atomic E-state index is -3.80. The van der Waals surface area contributed by atoms with E-state index in [9.17, 15) is 13.2 Å². The summed E-state index contributed by atoms with van der Waals surface area (Å²) in [6.07, 6.45) is 2.46. The van der Waals surface area contributed by atoms with Gasteiger partial charge in [-0.15, -0.1) is 0 Å². The van der Waals surface area contributed by atoms with E-state index in [4.69, 9.17) is 5.11 Å². The molecule has 3 N–H and O–H groups in total. The molecule has 0 radical (unpaired) electrons. The van der Waals surface area contributed by atoms with Crippen LogP contribution in [0.3, 0.4) is 0 Å². The molecule has 0 bridgehead atoms. The summed E-state index contributed by atoms with van der Waals surface area (Å²) >= 11 is 0. The van der Waals surface area contributed by atoms with Gasteiger partial charge in [0.25, 0.3) is 10.0 Å². The number of carboxylic acid groups (broad SMARTS) is 1. The molecule has 0 aliphatic carbocycles. The molecule has 0 saturated heterocycles. The lowest BCUT2D eigenvalue weighted by Crippen LogP contribution is -2.13. The van der Waals surface area contributed by atoms with Crippen molar-refractivity contribution in [2.24, 2.45) is 0 Å². The van der Waals surface area contributed by atoms with E-state index in [-0.39, 0.29) is 16.3 Å². The molecule has 0 saturated carbocycles. The maximum Gasteiger partial charge on any atom is 0.335 e. The van der Waals surface area contributed by atoms with E-state index in [0.29, 0.717) is 0 Å². The molecule has 94 valence electrons. The van der Waals surface area contributed by atoms with E-state index in [2.05, 4.69) is 14.7 Å². The van der Waals surface area contributed by atoms with Crippen LogP contribution in [0.15, 0.2) is 41.8 Å². The van der Waals surface area contributed by atoms with Crippen LogP contribution in [0.5, 0.6) is 0 Å². The number of nitrogens with zero attached hydrogens (tertiary/aromatic N) is 1. The van der Waals surface area contributed by atoms with E-state index in [1.807, 2.05) is 0 Å². The zero-order valence-electron chi connectivity index (χ0n) is 8.99. The Morgan fingerprint density at radius 1 is 1.39 bits per heavy atom. The average Bonchev–Trinajstić information content (AvgIpc) is 2.82. The highest BCUT2D eigenvalue weighted by atomic mass is 32.2. The highest BCUT2D eigenvalue weighted by Gasteiger charge is 2.16. The molecular weight excluding hydrogens is 258 g/mol. The number of rotatable bonds is 4. The van der Waals surface area contributed by atoms with Crippen molar-refractivity contribution in [3.63, 3.8) is 0 Å². The second-order valence-electron chi connectivity index (χ2n) is 3.40. The van der Waals surface area contributed by atoms with Crippen molar-refractivity contribution in [2.75, 3.05) is 4.72 Å². The minimum Gasteiger partial charge on any atom is -0.478 e. The van der Waals surface area contributed by atoms with Crippen molar-refractivity contribution >= 4 is 21.7 Å². The molecule has 8 heteroatoms. The molecule has 1 aromatic heterocycles. The fourth-order valence-corrected chi connectivity index (χ4v) is 2.27.